The molecule has 0 aromatic rings. The van der Waals surface area contributed by atoms with Crippen molar-refractivity contribution in [1.82, 2.24) is 21.3 Å². The van der Waals surface area contributed by atoms with Gasteiger partial charge in [-0.15, -0.1) is 0 Å². The number of nitrogens with one attached hydrogen (secondary N) is 6. The van der Waals surface area contributed by atoms with Crippen molar-refractivity contribution in [1.29, 1.82) is 0 Å². The number of hydrogen-bond donors (Lipinski definition) is 10. The van der Waals surface area contributed by atoms with Gasteiger partial charge in [-0.25, -0.2) is 0 Å². The highest BCUT2D eigenvalue weighted by Crippen LogP contribution is 2.12. The number of rotatable bonds is 39. The van der Waals surface area contributed by atoms with Crippen LogP contribution in [0.15, 0.2) is 0 Å². The van der Waals surface area contributed by atoms with Crippen LogP contribution in [0.2, 0.25) is 0 Å². The monoisotopic (exact) mass is 865 g/mol. The molecule has 0 saturated carbocycles. The van der Waals surface area contributed by atoms with Gasteiger partial charge in [0, 0.05) is 25.9 Å². The first-order chi connectivity index (χ1) is 27.1. The number of carbonyl (C=O) groups is 4. The van der Waals surface area contributed by atoms with E-state index in [0.29, 0.717) is 64.7 Å². The van der Waals surface area contributed by atoms with Crippen LogP contribution in [-0.2, 0) is 19.2 Å². The number of carbonyl (C=O) groups excluding carboxylic acids is 4. The lowest BCUT2D eigenvalue weighted by atomic mass is 10.1. The van der Waals surface area contributed by atoms with E-state index in [1.54, 1.807) is 0 Å². The zero-order valence-corrected chi connectivity index (χ0v) is 38.0. The minimum Gasteiger partial charge on any atom is -1.00 e. The molecule has 0 aromatic heterocycles. The zero-order chi connectivity index (χ0) is 41.5. The Morgan fingerprint density at radius 2 is 0.724 bits per heavy atom. The fourth-order valence-electron chi connectivity index (χ4n) is 6.61. The van der Waals surface area contributed by atoms with Gasteiger partial charge in [0.25, 0.3) is 0 Å². The molecule has 14 nitrogen and oxygen atoms in total. The van der Waals surface area contributed by atoms with E-state index in [2.05, 4.69) is 45.1 Å². The molecule has 0 radical (unpaired) electrons. The number of nitrogens with two attached hydrogens (primary N) is 4. The standard InChI is InChI=1S/C42H84N10O4.2ClH/c1-3-5-7-9-11-13-15-17-21-29-37(53)51-35(27-25-33-49-41(43)44)39(55)47-31-23-19-20-24-32-48-40(56)36(28-26-34-50-42(45)46)52-38(54)30-22-18-16-14-12-10-8-6-4-2;;/h35-36H,3-34H2,1-2H3,(H,47,55)(H,48,56)(H,51,53)(H,52,54)(H4,43,44,49)(H4,45,46,50);2*1H. The summed E-state index contributed by atoms with van der Waals surface area (Å²) in [6.45, 7) is 6.49. The molecule has 2 atom stereocenters. The SMILES string of the molecule is CCCCCCCCCCCC(=O)NC(CCC[NH+]=C(N)N)C(=O)NCCCCCCNC(=O)C(CCC[NH+]=C(N)N)NC(=O)CCCCCCCCCCC.[Cl-].[Cl-]. The highest BCUT2D eigenvalue weighted by atomic mass is 35.5. The maximum absolute atomic E-state index is 13.1. The molecule has 0 spiro atoms. The molecule has 2 unspecified atom stereocenters. The number of amides is 4. The lowest BCUT2D eigenvalue weighted by Crippen LogP contribution is -3.00. The summed E-state index contributed by atoms with van der Waals surface area (Å²) in [6, 6.07) is -1.23. The highest BCUT2D eigenvalue weighted by molar-refractivity contribution is 5.88. The summed E-state index contributed by atoms with van der Waals surface area (Å²) in [4.78, 5) is 57.2. The van der Waals surface area contributed by atoms with Crippen LogP contribution < -0.4 is 79.0 Å². The number of unbranched alkanes of at least 4 members (excludes halogenated alkanes) is 19. The first kappa shape index (κ1) is 59.3. The van der Waals surface area contributed by atoms with Crippen LogP contribution in [0.5, 0.6) is 0 Å². The molecule has 0 rings (SSSR count). The van der Waals surface area contributed by atoms with Crippen LogP contribution in [0.1, 0.15) is 194 Å². The predicted octanol–water partition coefficient (Wildman–Crippen LogP) is -4.13. The minimum absolute atomic E-state index is 0. The molecule has 0 aliphatic heterocycles. The molecule has 0 aliphatic carbocycles. The van der Waals surface area contributed by atoms with Crippen LogP contribution in [0.4, 0.5) is 0 Å². The summed E-state index contributed by atoms with van der Waals surface area (Å²) < 4.78 is 0. The first-order valence-corrected chi connectivity index (χ1v) is 22.5. The van der Waals surface area contributed by atoms with Crippen LogP contribution >= 0.6 is 0 Å². The van der Waals surface area contributed by atoms with Crippen LogP contribution in [-0.4, -0.2) is 73.8 Å². The normalized spacial score (nSPS) is 11.6. The van der Waals surface area contributed by atoms with Gasteiger partial charge in [0.2, 0.25) is 23.6 Å². The van der Waals surface area contributed by atoms with Gasteiger partial charge in [-0.05, 0) is 51.4 Å². The van der Waals surface area contributed by atoms with Crippen molar-refractivity contribution in [2.45, 2.75) is 206 Å². The molecule has 0 bridgehead atoms. The first-order valence-electron chi connectivity index (χ1n) is 22.5. The van der Waals surface area contributed by atoms with Gasteiger partial charge in [-0.3, -0.25) is 52.1 Å². The van der Waals surface area contributed by atoms with Gasteiger partial charge in [0.15, 0.2) is 0 Å². The minimum atomic E-state index is -0.614. The zero-order valence-electron chi connectivity index (χ0n) is 36.5. The Labute approximate surface area is 364 Å². The van der Waals surface area contributed by atoms with Gasteiger partial charge < -0.3 is 46.1 Å². The molecule has 0 heterocycles. The summed E-state index contributed by atoms with van der Waals surface area (Å²) in [6.07, 6.45) is 27.6. The third-order valence-electron chi connectivity index (χ3n) is 10.0. The van der Waals surface area contributed by atoms with Gasteiger partial charge in [-0.1, -0.05) is 129 Å². The quantitative estimate of drug-likeness (QED) is 0.0165. The summed E-state index contributed by atoms with van der Waals surface area (Å²) in [5.74, 6) is -0.294. The Bertz CT molecular complexity index is 995. The Morgan fingerprint density at radius 3 is 1.03 bits per heavy atom. The molecule has 16 heteroatoms. The number of halogens is 2. The van der Waals surface area contributed by atoms with Crippen molar-refractivity contribution >= 4 is 35.5 Å². The molecule has 342 valence electrons. The lowest BCUT2D eigenvalue weighted by Gasteiger charge is -2.19. The number of hydrogen-bond acceptors (Lipinski definition) is 4. The highest BCUT2D eigenvalue weighted by Gasteiger charge is 2.21. The summed E-state index contributed by atoms with van der Waals surface area (Å²) >= 11 is 0. The molecule has 4 amide bonds. The second kappa shape index (κ2) is 43.6. The summed E-state index contributed by atoms with van der Waals surface area (Å²) in [5, 5.41) is 11.9. The van der Waals surface area contributed by atoms with E-state index >= 15 is 0 Å². The van der Waals surface area contributed by atoms with Crippen molar-refractivity contribution < 1.29 is 54.0 Å². The smallest absolute Gasteiger partial charge is 0.338 e. The van der Waals surface area contributed by atoms with Gasteiger partial charge in [0.1, 0.15) is 12.1 Å². The van der Waals surface area contributed by atoms with E-state index in [9.17, 15) is 19.2 Å². The Kier molecular flexibility index (Phi) is 44.6. The van der Waals surface area contributed by atoms with E-state index in [0.717, 1.165) is 64.2 Å². The largest absolute Gasteiger partial charge is 1.00 e. The summed E-state index contributed by atoms with van der Waals surface area (Å²) in [5.41, 5.74) is 22.0. The third kappa shape index (κ3) is 39.8. The lowest BCUT2D eigenvalue weighted by molar-refractivity contribution is -0.460. The Morgan fingerprint density at radius 1 is 0.431 bits per heavy atom. The van der Waals surface area contributed by atoms with Crippen molar-refractivity contribution in [3.05, 3.63) is 0 Å². The Balaban J connectivity index is -0.0000151. The molecular weight excluding hydrogens is 779 g/mol. The maximum atomic E-state index is 13.1. The van der Waals surface area contributed by atoms with Gasteiger partial charge in [0.05, 0.1) is 13.1 Å². The van der Waals surface area contributed by atoms with E-state index in [-0.39, 0.29) is 60.4 Å². The Hall–Kier alpha value is -3.00. The third-order valence-corrected chi connectivity index (χ3v) is 10.0. The second-order valence-corrected chi connectivity index (χ2v) is 15.4. The molecule has 0 aromatic carbocycles. The number of guanidine groups is 2. The molecular formula is C42H86Cl2N10O4. The fourth-order valence-corrected chi connectivity index (χ4v) is 6.61. The average molecular weight is 866 g/mol. The van der Waals surface area contributed by atoms with E-state index in [1.165, 1.54) is 77.0 Å². The van der Waals surface area contributed by atoms with Crippen molar-refractivity contribution in [2.24, 2.45) is 22.9 Å². The second-order valence-electron chi connectivity index (χ2n) is 15.4. The topological polar surface area (TPSA) is 248 Å². The van der Waals surface area contributed by atoms with Gasteiger partial charge >= 0.3 is 11.9 Å². The van der Waals surface area contributed by atoms with Crippen molar-refractivity contribution in [3.8, 4) is 0 Å². The fraction of sp³-hybridized carbons (Fsp3) is 0.857. The molecule has 0 aliphatic rings. The molecule has 58 heavy (non-hydrogen) atoms. The summed E-state index contributed by atoms with van der Waals surface area (Å²) in [7, 11) is 0. The molecule has 14 N–H and O–H groups in total. The maximum Gasteiger partial charge on any atom is 0.338 e. The van der Waals surface area contributed by atoms with Gasteiger partial charge in [-0.2, -0.15) is 0 Å². The average Bonchev–Trinajstić information content (AvgIpc) is 3.16. The van der Waals surface area contributed by atoms with E-state index in [4.69, 9.17) is 22.9 Å². The van der Waals surface area contributed by atoms with E-state index in [1.807, 2.05) is 0 Å². The molecule has 0 saturated heterocycles. The predicted molar refractivity (Wildman–Crippen MR) is 229 cm³/mol. The van der Waals surface area contributed by atoms with Crippen LogP contribution in [0, 0.1) is 0 Å². The van der Waals surface area contributed by atoms with Crippen molar-refractivity contribution in [3.63, 3.8) is 0 Å². The van der Waals surface area contributed by atoms with Crippen LogP contribution in [0.25, 0.3) is 0 Å². The van der Waals surface area contributed by atoms with E-state index < -0.39 is 12.1 Å². The van der Waals surface area contributed by atoms with Crippen molar-refractivity contribution in [2.75, 3.05) is 26.2 Å². The van der Waals surface area contributed by atoms with Crippen LogP contribution in [0.3, 0.4) is 0 Å². The molecule has 0 fully saturated rings.